The summed E-state index contributed by atoms with van der Waals surface area (Å²) >= 11 is 0. The number of nitrogens with zero attached hydrogens (tertiary/aromatic N) is 1. The molecule has 0 atom stereocenters. The van der Waals surface area contributed by atoms with E-state index in [1.807, 2.05) is 30.3 Å². The largest absolute Gasteiger partial charge is 0.397 e. The number of rotatable bonds is 4. The lowest BCUT2D eigenvalue weighted by molar-refractivity contribution is 0.211. The van der Waals surface area contributed by atoms with Crippen LogP contribution in [-0.2, 0) is 6.54 Å². The number of para-hydroxylation sites is 2. The van der Waals surface area contributed by atoms with E-state index < -0.39 is 18.8 Å². The van der Waals surface area contributed by atoms with Crippen molar-refractivity contribution in [3.8, 4) is 0 Å². The molecular weight excluding hydrogens is 258 g/mol. The highest BCUT2D eigenvalue weighted by Crippen LogP contribution is 2.22. The number of piperidine rings is 1. The van der Waals surface area contributed by atoms with Gasteiger partial charge in [-0.15, -0.1) is 0 Å². The maximum atomic E-state index is 8.69. The van der Waals surface area contributed by atoms with Gasteiger partial charge in [-0.2, -0.15) is 0 Å². The Bertz CT molecular complexity index is 748. The van der Waals surface area contributed by atoms with Crippen LogP contribution < -0.4 is 11.1 Å². The first kappa shape index (κ1) is 9.11. The Balaban J connectivity index is 1.87. The van der Waals surface area contributed by atoms with Gasteiger partial charge in [-0.25, -0.2) is 0 Å². The van der Waals surface area contributed by atoms with Crippen LogP contribution in [0.2, 0.25) is 0 Å². The fourth-order valence-electron chi connectivity index (χ4n) is 2.29. The predicted molar refractivity (Wildman–Crippen MR) is 89.2 cm³/mol. The Hall–Kier alpha value is -2.00. The standard InChI is InChI=1S/C18H23N3/c19-17-8-4-5-9-18(17)20-16-10-12-21(13-11-16)14-15-6-2-1-3-7-15/h1-9,16,20H,10-14,19H2/i10D2,11D2,16D. The molecule has 0 spiro atoms. The Kier molecular flexibility index (Phi) is 2.88. The average Bonchev–Trinajstić information content (AvgIpc) is 2.55. The third-order valence-electron chi connectivity index (χ3n) is 3.43. The van der Waals surface area contributed by atoms with Gasteiger partial charge >= 0.3 is 0 Å². The van der Waals surface area contributed by atoms with Crippen molar-refractivity contribution in [2.75, 3.05) is 24.1 Å². The zero-order valence-electron chi connectivity index (χ0n) is 16.8. The van der Waals surface area contributed by atoms with E-state index >= 15 is 0 Å². The van der Waals surface area contributed by atoms with E-state index in [4.69, 9.17) is 12.6 Å². The molecule has 3 rings (SSSR count). The van der Waals surface area contributed by atoms with Crippen molar-refractivity contribution < 1.29 is 6.85 Å². The van der Waals surface area contributed by atoms with E-state index in [1.165, 1.54) is 0 Å². The summed E-state index contributed by atoms with van der Waals surface area (Å²) in [5.41, 5.74) is 7.61. The van der Waals surface area contributed by atoms with Crippen LogP contribution in [0.4, 0.5) is 11.4 Å². The highest BCUT2D eigenvalue weighted by molar-refractivity contribution is 5.65. The molecule has 0 aromatic heterocycles. The van der Waals surface area contributed by atoms with E-state index in [2.05, 4.69) is 5.32 Å². The van der Waals surface area contributed by atoms with Gasteiger partial charge in [-0.3, -0.25) is 4.90 Å². The quantitative estimate of drug-likeness (QED) is 0.847. The molecule has 3 heteroatoms. The molecule has 1 fully saturated rings. The fourth-order valence-corrected chi connectivity index (χ4v) is 2.29. The second-order valence-electron chi connectivity index (χ2n) is 5.07. The minimum atomic E-state index is -2.16. The minimum absolute atomic E-state index is 0.0509. The fraction of sp³-hybridized carbons (Fsp3) is 0.333. The van der Waals surface area contributed by atoms with Crippen LogP contribution in [0, 0.1) is 0 Å². The van der Waals surface area contributed by atoms with Crippen molar-refractivity contribution in [2.45, 2.75) is 25.3 Å². The highest BCUT2D eigenvalue weighted by atomic mass is 15.1. The number of anilines is 2. The number of nitrogen functional groups attached to an aromatic ring is 1. The third-order valence-corrected chi connectivity index (χ3v) is 3.43. The molecule has 0 unspecified atom stereocenters. The van der Waals surface area contributed by atoms with E-state index in [0.29, 0.717) is 17.9 Å². The summed E-state index contributed by atoms with van der Waals surface area (Å²) in [6, 6.07) is 14.1. The Morgan fingerprint density at radius 1 is 1.10 bits per heavy atom. The third kappa shape index (κ3) is 3.76. The highest BCUT2D eigenvalue weighted by Gasteiger charge is 2.19. The van der Waals surface area contributed by atoms with Gasteiger partial charge in [0.1, 0.15) is 0 Å². The van der Waals surface area contributed by atoms with E-state index in [9.17, 15) is 0 Å². The van der Waals surface area contributed by atoms with Gasteiger partial charge in [0.2, 0.25) is 0 Å². The van der Waals surface area contributed by atoms with E-state index in [0.717, 1.165) is 5.56 Å². The number of hydrogen-bond donors (Lipinski definition) is 2. The summed E-state index contributed by atoms with van der Waals surface area (Å²) in [7, 11) is 0. The lowest BCUT2D eigenvalue weighted by atomic mass is 10.0. The van der Waals surface area contributed by atoms with Gasteiger partial charge in [-0.1, -0.05) is 42.5 Å². The number of nitrogens with one attached hydrogen (secondary N) is 1. The molecule has 0 bridgehead atoms. The second kappa shape index (κ2) is 6.64. The summed E-state index contributed by atoms with van der Waals surface area (Å²) in [6.07, 6.45) is -4.27. The van der Waals surface area contributed by atoms with Crippen LogP contribution in [-0.4, -0.2) is 24.0 Å². The van der Waals surface area contributed by atoms with Crippen LogP contribution in [0.1, 0.15) is 25.2 Å². The van der Waals surface area contributed by atoms with Crippen molar-refractivity contribution in [1.29, 1.82) is 0 Å². The summed E-state index contributed by atoms with van der Waals surface area (Å²) < 4.78 is 42.5. The molecule has 1 aliphatic heterocycles. The maximum Gasteiger partial charge on any atom is 0.0576 e. The normalized spacial score (nSPS) is 26.6. The molecule has 2 aromatic rings. The van der Waals surface area contributed by atoms with Gasteiger partial charge in [0.25, 0.3) is 0 Å². The maximum absolute atomic E-state index is 8.69. The smallest absolute Gasteiger partial charge is 0.0576 e. The summed E-state index contributed by atoms with van der Waals surface area (Å²) in [5.74, 6) is 0. The van der Waals surface area contributed by atoms with E-state index in [-0.39, 0.29) is 13.1 Å². The zero-order chi connectivity index (χ0) is 19.0. The average molecular weight is 286 g/mol. The first-order valence-corrected chi connectivity index (χ1v) is 7.04. The number of likely N-dealkylation sites (tertiary alicyclic amines) is 1. The molecule has 0 saturated carbocycles. The molecule has 110 valence electrons. The topological polar surface area (TPSA) is 41.3 Å². The Morgan fingerprint density at radius 2 is 1.76 bits per heavy atom. The van der Waals surface area contributed by atoms with Crippen molar-refractivity contribution in [2.24, 2.45) is 0 Å². The van der Waals surface area contributed by atoms with Crippen molar-refractivity contribution in [1.82, 2.24) is 4.90 Å². The van der Waals surface area contributed by atoms with Crippen molar-refractivity contribution in [3.63, 3.8) is 0 Å². The SMILES string of the molecule is [2H]C1([2H])CN(Cc2ccccc2)CC([2H])([2H])C1([2H])Nc1ccccc1N. The van der Waals surface area contributed by atoms with Gasteiger partial charge in [0, 0.05) is 31.1 Å². The number of hydrogen-bond acceptors (Lipinski definition) is 3. The Morgan fingerprint density at radius 3 is 2.48 bits per heavy atom. The summed E-state index contributed by atoms with van der Waals surface area (Å²) in [6.45, 7) is 0.332. The molecule has 2 aromatic carbocycles. The molecule has 0 aliphatic carbocycles. The van der Waals surface area contributed by atoms with Crippen LogP contribution in [0.3, 0.4) is 0 Å². The van der Waals surface area contributed by atoms with Gasteiger partial charge < -0.3 is 11.1 Å². The molecule has 1 heterocycles. The molecule has 0 radical (unpaired) electrons. The molecule has 3 N–H and O–H groups in total. The second-order valence-corrected chi connectivity index (χ2v) is 5.07. The molecular formula is C18H23N3. The van der Waals surface area contributed by atoms with Gasteiger partial charge in [-0.05, 0) is 30.4 Å². The molecule has 1 saturated heterocycles. The lowest BCUT2D eigenvalue weighted by Gasteiger charge is -2.33. The van der Waals surface area contributed by atoms with Crippen LogP contribution in [0.5, 0.6) is 0 Å². The van der Waals surface area contributed by atoms with Crippen LogP contribution in [0.15, 0.2) is 54.6 Å². The summed E-state index contributed by atoms with van der Waals surface area (Å²) in [4.78, 5) is 1.72. The van der Waals surface area contributed by atoms with Gasteiger partial charge in [0.05, 0.1) is 12.7 Å². The first-order chi connectivity index (χ1) is 12.1. The zero-order valence-corrected chi connectivity index (χ0v) is 11.8. The Labute approximate surface area is 133 Å². The number of benzene rings is 2. The van der Waals surface area contributed by atoms with Gasteiger partial charge in [0.15, 0.2) is 0 Å². The predicted octanol–water partition coefficient (Wildman–Crippen LogP) is 3.35. The van der Waals surface area contributed by atoms with Crippen molar-refractivity contribution >= 4 is 11.4 Å². The first-order valence-electron chi connectivity index (χ1n) is 9.54. The molecule has 0 amide bonds. The molecule has 1 aliphatic rings. The summed E-state index contributed by atoms with van der Waals surface area (Å²) in [5, 5.41) is 2.76. The van der Waals surface area contributed by atoms with Crippen LogP contribution in [0.25, 0.3) is 0 Å². The number of nitrogens with two attached hydrogens (primary N) is 1. The van der Waals surface area contributed by atoms with Crippen LogP contribution >= 0.6 is 0 Å². The molecule has 21 heavy (non-hydrogen) atoms. The van der Waals surface area contributed by atoms with E-state index in [1.54, 1.807) is 29.2 Å². The van der Waals surface area contributed by atoms with Crippen molar-refractivity contribution in [3.05, 3.63) is 60.2 Å². The lowest BCUT2D eigenvalue weighted by Crippen LogP contribution is -2.38. The monoisotopic (exact) mass is 286 g/mol. The molecule has 3 nitrogen and oxygen atoms in total. The minimum Gasteiger partial charge on any atom is -0.397 e.